The highest BCUT2D eigenvalue weighted by molar-refractivity contribution is 8.01. The minimum absolute atomic E-state index is 0.0276. The summed E-state index contributed by atoms with van der Waals surface area (Å²) in [5, 5.41) is 13.1. The smallest absolute Gasteiger partial charge is 0.340 e. The van der Waals surface area contributed by atoms with Gasteiger partial charge in [-0.15, -0.1) is 11.3 Å². The van der Waals surface area contributed by atoms with E-state index in [9.17, 15) is 19.7 Å². The number of amides is 1. The first-order valence-corrected chi connectivity index (χ1v) is 12.1. The van der Waals surface area contributed by atoms with Crippen molar-refractivity contribution in [3.63, 3.8) is 0 Å². The van der Waals surface area contributed by atoms with Crippen molar-refractivity contribution in [3.8, 4) is 0 Å². The van der Waals surface area contributed by atoms with E-state index in [1.807, 2.05) is 30.5 Å². The first-order chi connectivity index (χ1) is 16.4. The quantitative estimate of drug-likeness (QED) is 0.274. The van der Waals surface area contributed by atoms with Gasteiger partial charge in [0, 0.05) is 60.5 Å². The van der Waals surface area contributed by atoms with Crippen molar-refractivity contribution in [2.45, 2.75) is 16.2 Å². The van der Waals surface area contributed by atoms with Gasteiger partial charge in [0.25, 0.3) is 11.6 Å². The molecule has 0 spiro atoms. The molecule has 0 radical (unpaired) electrons. The predicted octanol–water partition coefficient (Wildman–Crippen LogP) is 3.41. The molecule has 1 aliphatic heterocycles. The van der Waals surface area contributed by atoms with Crippen LogP contribution in [0.1, 0.15) is 16.1 Å². The average molecular weight is 500 g/mol. The molecule has 1 aliphatic rings. The van der Waals surface area contributed by atoms with Crippen LogP contribution in [0.15, 0.2) is 57.2 Å². The zero-order valence-electron chi connectivity index (χ0n) is 18.2. The number of ether oxygens (including phenoxy) is 1. The van der Waals surface area contributed by atoms with Crippen molar-refractivity contribution in [1.82, 2.24) is 14.9 Å². The monoisotopic (exact) mass is 499 g/mol. The standard InChI is InChI=1S/C22H21N5O5S2/c1-15-14-33-22(24-15)34-18-6-5-16(27(30)31)12-17(18)21(29)32-13-20(28)26-10-8-25(9-11-26)19-4-2-3-7-23-19/h2-7,12,14H,8-11,13H2,1H3. The SMILES string of the molecule is Cc1csc(Sc2ccc([N+](=O)[O-])cc2C(=O)OCC(=O)N2CCN(c3ccccn3)CC2)n1. The number of piperazine rings is 1. The largest absolute Gasteiger partial charge is 0.452 e. The number of nitrogens with zero attached hydrogens (tertiary/aromatic N) is 5. The fraction of sp³-hybridized carbons (Fsp3) is 0.273. The number of thiazole rings is 1. The van der Waals surface area contributed by atoms with E-state index in [1.165, 1.54) is 41.3 Å². The summed E-state index contributed by atoms with van der Waals surface area (Å²) in [5.41, 5.74) is 0.635. The Kier molecular flexibility index (Phi) is 7.38. The number of anilines is 1. The first kappa shape index (κ1) is 23.6. The molecular weight excluding hydrogens is 478 g/mol. The van der Waals surface area contributed by atoms with Crippen LogP contribution in [0, 0.1) is 17.0 Å². The van der Waals surface area contributed by atoms with Gasteiger partial charge < -0.3 is 14.5 Å². The third-order valence-electron chi connectivity index (χ3n) is 5.12. The second kappa shape index (κ2) is 10.6. The molecule has 12 heteroatoms. The third-order valence-corrected chi connectivity index (χ3v) is 7.25. The molecule has 34 heavy (non-hydrogen) atoms. The normalized spacial score (nSPS) is 13.6. The number of carbonyl (C=O) groups is 2. The minimum atomic E-state index is -0.792. The van der Waals surface area contributed by atoms with Crippen molar-refractivity contribution >= 4 is 46.5 Å². The van der Waals surface area contributed by atoms with Crippen molar-refractivity contribution in [2.75, 3.05) is 37.7 Å². The number of aryl methyl sites for hydroxylation is 1. The molecule has 1 amide bonds. The molecule has 3 aromatic rings. The number of carbonyl (C=O) groups excluding carboxylic acids is 2. The highest BCUT2D eigenvalue weighted by atomic mass is 32.2. The number of esters is 1. The van der Waals surface area contributed by atoms with Gasteiger partial charge in [-0.2, -0.15) is 0 Å². The number of benzene rings is 1. The van der Waals surface area contributed by atoms with E-state index >= 15 is 0 Å². The molecule has 3 heterocycles. The van der Waals surface area contributed by atoms with Gasteiger partial charge in [0.1, 0.15) is 5.82 Å². The fourth-order valence-corrected chi connectivity index (χ4v) is 5.27. The van der Waals surface area contributed by atoms with E-state index in [0.29, 0.717) is 35.4 Å². The molecule has 0 bridgehead atoms. The molecule has 0 saturated carbocycles. The zero-order chi connectivity index (χ0) is 24.1. The van der Waals surface area contributed by atoms with Crippen LogP contribution in [0.25, 0.3) is 0 Å². The van der Waals surface area contributed by atoms with Gasteiger partial charge in [0.15, 0.2) is 10.9 Å². The molecule has 176 valence electrons. The fourth-order valence-electron chi connectivity index (χ4n) is 3.38. The Labute approximate surface area is 203 Å². The summed E-state index contributed by atoms with van der Waals surface area (Å²) in [6.07, 6.45) is 1.72. The van der Waals surface area contributed by atoms with Crippen molar-refractivity contribution in [3.05, 3.63) is 69.3 Å². The summed E-state index contributed by atoms with van der Waals surface area (Å²) in [5.74, 6) is -0.253. The van der Waals surface area contributed by atoms with Crippen LogP contribution in [0.3, 0.4) is 0 Å². The first-order valence-electron chi connectivity index (χ1n) is 10.4. The van der Waals surface area contributed by atoms with Gasteiger partial charge in [-0.3, -0.25) is 14.9 Å². The topological polar surface area (TPSA) is 119 Å². The summed E-state index contributed by atoms with van der Waals surface area (Å²) >= 11 is 2.63. The second-order valence-electron chi connectivity index (χ2n) is 7.43. The summed E-state index contributed by atoms with van der Waals surface area (Å²) in [6, 6.07) is 9.67. The number of nitro benzene ring substituents is 1. The second-order valence-corrected chi connectivity index (χ2v) is 9.57. The Hall–Kier alpha value is -3.51. The number of rotatable bonds is 7. The Bertz CT molecular complexity index is 1200. The Balaban J connectivity index is 1.38. The molecule has 0 aliphatic carbocycles. The molecule has 2 aromatic heterocycles. The van der Waals surface area contributed by atoms with Crippen molar-refractivity contribution in [2.24, 2.45) is 0 Å². The molecule has 0 unspecified atom stereocenters. The maximum absolute atomic E-state index is 12.8. The number of non-ortho nitro benzene ring substituents is 1. The number of hydrogen-bond acceptors (Lipinski definition) is 10. The van der Waals surface area contributed by atoms with Gasteiger partial charge in [-0.1, -0.05) is 17.8 Å². The van der Waals surface area contributed by atoms with Crippen LogP contribution in [0.4, 0.5) is 11.5 Å². The lowest BCUT2D eigenvalue weighted by atomic mass is 10.2. The molecule has 0 atom stereocenters. The maximum Gasteiger partial charge on any atom is 0.340 e. The van der Waals surface area contributed by atoms with Crippen LogP contribution in [-0.2, 0) is 9.53 Å². The maximum atomic E-state index is 12.8. The Morgan fingerprint density at radius 1 is 1.21 bits per heavy atom. The minimum Gasteiger partial charge on any atom is -0.452 e. The predicted molar refractivity (Wildman–Crippen MR) is 127 cm³/mol. The number of aromatic nitrogens is 2. The van der Waals surface area contributed by atoms with Gasteiger partial charge in [0.05, 0.1) is 10.5 Å². The molecule has 4 rings (SSSR count). The number of nitro groups is 1. The Morgan fingerprint density at radius 3 is 2.65 bits per heavy atom. The van der Waals surface area contributed by atoms with Gasteiger partial charge in [-0.05, 0) is 25.1 Å². The molecular formula is C22H21N5O5S2. The Morgan fingerprint density at radius 2 is 2.00 bits per heavy atom. The number of pyridine rings is 1. The zero-order valence-corrected chi connectivity index (χ0v) is 19.9. The van der Waals surface area contributed by atoms with E-state index in [0.717, 1.165) is 11.5 Å². The van der Waals surface area contributed by atoms with E-state index in [1.54, 1.807) is 11.1 Å². The van der Waals surface area contributed by atoms with Gasteiger partial charge >= 0.3 is 5.97 Å². The van der Waals surface area contributed by atoms with E-state index < -0.39 is 17.5 Å². The van der Waals surface area contributed by atoms with E-state index in [-0.39, 0.29) is 17.2 Å². The number of hydrogen-bond donors (Lipinski definition) is 0. The van der Waals surface area contributed by atoms with Crippen LogP contribution < -0.4 is 4.90 Å². The van der Waals surface area contributed by atoms with Crippen LogP contribution in [0.5, 0.6) is 0 Å². The van der Waals surface area contributed by atoms with Crippen LogP contribution in [0.2, 0.25) is 0 Å². The molecule has 0 N–H and O–H groups in total. The summed E-state index contributed by atoms with van der Waals surface area (Å²) in [6.45, 7) is 3.62. The molecule has 10 nitrogen and oxygen atoms in total. The lowest BCUT2D eigenvalue weighted by Crippen LogP contribution is -2.50. The molecule has 1 aromatic carbocycles. The van der Waals surface area contributed by atoms with Crippen LogP contribution in [-0.4, -0.2) is 64.5 Å². The summed E-state index contributed by atoms with van der Waals surface area (Å²) in [7, 11) is 0. The van der Waals surface area contributed by atoms with Crippen molar-refractivity contribution in [1.29, 1.82) is 0 Å². The van der Waals surface area contributed by atoms with Gasteiger partial charge in [-0.25, -0.2) is 14.8 Å². The molecule has 1 saturated heterocycles. The average Bonchev–Trinajstić information content (AvgIpc) is 3.27. The lowest BCUT2D eigenvalue weighted by Gasteiger charge is -2.35. The van der Waals surface area contributed by atoms with Crippen LogP contribution >= 0.6 is 23.1 Å². The highest BCUT2D eigenvalue weighted by Crippen LogP contribution is 2.34. The van der Waals surface area contributed by atoms with Gasteiger partial charge in [0.2, 0.25) is 0 Å². The highest BCUT2D eigenvalue weighted by Gasteiger charge is 2.24. The van der Waals surface area contributed by atoms with Crippen molar-refractivity contribution < 1.29 is 19.2 Å². The molecule has 1 fully saturated rings. The summed E-state index contributed by atoms with van der Waals surface area (Å²) < 4.78 is 5.96. The summed E-state index contributed by atoms with van der Waals surface area (Å²) in [4.78, 5) is 48.9. The lowest BCUT2D eigenvalue weighted by molar-refractivity contribution is -0.384. The third kappa shape index (κ3) is 5.69. The van der Waals surface area contributed by atoms with E-state index in [2.05, 4.69) is 14.9 Å². The van der Waals surface area contributed by atoms with E-state index in [4.69, 9.17) is 4.74 Å².